The van der Waals surface area contributed by atoms with Gasteiger partial charge >= 0.3 is 0 Å². The predicted molar refractivity (Wildman–Crippen MR) is 105 cm³/mol. The summed E-state index contributed by atoms with van der Waals surface area (Å²) in [5.74, 6) is -0.306. The number of hydrogen-bond acceptors (Lipinski definition) is 5. The van der Waals surface area contributed by atoms with Crippen LogP contribution in [-0.4, -0.2) is 15.8 Å². The molecule has 0 radical (unpaired) electrons. The molecule has 6 heteroatoms. The number of benzene rings is 1. The number of nitrogens with zero attached hydrogens (tertiary/aromatic N) is 2. The minimum absolute atomic E-state index is 0.0323. The van der Waals surface area contributed by atoms with Crippen molar-refractivity contribution in [3.63, 3.8) is 0 Å². The van der Waals surface area contributed by atoms with Crippen molar-refractivity contribution >= 4 is 28.2 Å². The molecule has 0 fully saturated rings. The lowest BCUT2D eigenvalue weighted by molar-refractivity contribution is 0.0696. The van der Waals surface area contributed by atoms with Gasteiger partial charge in [-0.2, -0.15) is 11.3 Å². The largest absolute Gasteiger partial charge is 0.451 e. The summed E-state index contributed by atoms with van der Waals surface area (Å²) in [7, 11) is 0. The SMILES string of the molecule is O=C(c1cc(=O)c2ccccc2o1)N(Cc1ccsc1)Cc1ccccn1. The Morgan fingerprint density at radius 3 is 2.70 bits per heavy atom. The van der Waals surface area contributed by atoms with Crippen LogP contribution in [0.3, 0.4) is 0 Å². The molecule has 0 aliphatic carbocycles. The molecule has 0 aliphatic heterocycles. The van der Waals surface area contributed by atoms with Crippen molar-refractivity contribution in [3.05, 3.63) is 98.8 Å². The number of fused-ring (bicyclic) bond motifs is 1. The fourth-order valence-corrected chi connectivity index (χ4v) is 3.51. The maximum Gasteiger partial charge on any atom is 0.290 e. The molecule has 3 heterocycles. The number of thiophene rings is 1. The zero-order chi connectivity index (χ0) is 18.6. The summed E-state index contributed by atoms with van der Waals surface area (Å²) >= 11 is 1.57. The quantitative estimate of drug-likeness (QED) is 0.526. The molecular formula is C21H16N2O3S. The Morgan fingerprint density at radius 1 is 1.07 bits per heavy atom. The number of rotatable bonds is 5. The van der Waals surface area contributed by atoms with Crippen molar-refractivity contribution in [3.8, 4) is 0 Å². The molecule has 0 atom stereocenters. The van der Waals surface area contributed by atoms with Gasteiger partial charge in [0.15, 0.2) is 11.2 Å². The summed E-state index contributed by atoms with van der Waals surface area (Å²) in [6.07, 6.45) is 1.69. The van der Waals surface area contributed by atoms with Crippen molar-refractivity contribution in [1.29, 1.82) is 0 Å². The second-order valence-electron chi connectivity index (χ2n) is 6.08. The molecule has 1 amide bonds. The number of carbonyl (C=O) groups excluding carboxylic acids is 1. The monoisotopic (exact) mass is 376 g/mol. The summed E-state index contributed by atoms with van der Waals surface area (Å²) in [4.78, 5) is 31.4. The second kappa shape index (κ2) is 7.55. The lowest BCUT2D eigenvalue weighted by Gasteiger charge is -2.21. The number of pyridine rings is 1. The van der Waals surface area contributed by atoms with Crippen LogP contribution in [-0.2, 0) is 13.1 Å². The van der Waals surface area contributed by atoms with E-state index >= 15 is 0 Å². The Kier molecular flexibility index (Phi) is 4.80. The van der Waals surface area contributed by atoms with Crippen molar-refractivity contribution in [2.75, 3.05) is 0 Å². The summed E-state index contributed by atoms with van der Waals surface area (Å²) in [5, 5.41) is 4.42. The number of para-hydroxylation sites is 1. The Morgan fingerprint density at radius 2 is 1.93 bits per heavy atom. The molecule has 1 aromatic carbocycles. The van der Waals surface area contributed by atoms with E-state index in [1.54, 1.807) is 46.7 Å². The normalized spacial score (nSPS) is 10.8. The van der Waals surface area contributed by atoms with E-state index in [-0.39, 0.29) is 17.1 Å². The zero-order valence-electron chi connectivity index (χ0n) is 14.4. The fourth-order valence-electron chi connectivity index (χ4n) is 2.85. The summed E-state index contributed by atoms with van der Waals surface area (Å²) < 4.78 is 5.73. The average Bonchev–Trinajstić information content (AvgIpc) is 3.21. The van der Waals surface area contributed by atoms with Crippen LogP contribution in [0.1, 0.15) is 21.8 Å². The third kappa shape index (κ3) is 3.80. The van der Waals surface area contributed by atoms with Crippen LogP contribution in [0.5, 0.6) is 0 Å². The van der Waals surface area contributed by atoms with Gasteiger partial charge in [-0.25, -0.2) is 0 Å². The van der Waals surface area contributed by atoms with Gasteiger partial charge in [0, 0.05) is 18.8 Å². The van der Waals surface area contributed by atoms with Crippen molar-refractivity contribution < 1.29 is 9.21 Å². The lowest BCUT2D eigenvalue weighted by Crippen LogP contribution is -2.31. The summed E-state index contributed by atoms with van der Waals surface area (Å²) in [6.45, 7) is 0.738. The first-order chi connectivity index (χ1) is 13.2. The van der Waals surface area contributed by atoms with Crippen LogP contribution >= 0.6 is 11.3 Å². The molecule has 4 rings (SSSR count). The highest BCUT2D eigenvalue weighted by Crippen LogP contribution is 2.17. The molecule has 0 aliphatic rings. The molecule has 0 saturated heterocycles. The van der Waals surface area contributed by atoms with Gasteiger partial charge in [0.1, 0.15) is 5.58 Å². The third-order valence-electron chi connectivity index (χ3n) is 4.17. The molecule has 27 heavy (non-hydrogen) atoms. The fraction of sp³-hybridized carbons (Fsp3) is 0.0952. The Balaban J connectivity index is 1.70. The molecule has 5 nitrogen and oxygen atoms in total. The minimum Gasteiger partial charge on any atom is -0.451 e. The van der Waals surface area contributed by atoms with Crippen LogP contribution < -0.4 is 5.43 Å². The second-order valence-corrected chi connectivity index (χ2v) is 6.86. The Hall–Kier alpha value is -3.25. The van der Waals surface area contributed by atoms with Crippen LogP contribution in [0.4, 0.5) is 0 Å². The van der Waals surface area contributed by atoms with Gasteiger partial charge < -0.3 is 9.32 Å². The number of hydrogen-bond donors (Lipinski definition) is 0. The van der Waals surface area contributed by atoms with Crippen molar-refractivity contribution in [1.82, 2.24) is 9.88 Å². The summed E-state index contributed by atoms with van der Waals surface area (Å²) in [5.41, 5.74) is 1.96. The maximum absolute atomic E-state index is 13.1. The van der Waals surface area contributed by atoms with Gasteiger partial charge in [-0.1, -0.05) is 18.2 Å². The molecule has 0 bridgehead atoms. The van der Waals surface area contributed by atoms with E-state index in [9.17, 15) is 9.59 Å². The first-order valence-corrected chi connectivity index (χ1v) is 9.38. The smallest absolute Gasteiger partial charge is 0.290 e. The van der Waals surface area contributed by atoms with Crippen LogP contribution in [0.2, 0.25) is 0 Å². The van der Waals surface area contributed by atoms with E-state index in [4.69, 9.17) is 4.42 Å². The van der Waals surface area contributed by atoms with Gasteiger partial charge in [0.25, 0.3) is 5.91 Å². The molecule has 134 valence electrons. The topological polar surface area (TPSA) is 63.4 Å². The standard InChI is InChI=1S/C21H16N2O3S/c24-18-11-20(26-19-7-2-1-6-17(18)19)21(25)23(12-15-8-10-27-14-15)13-16-5-3-4-9-22-16/h1-11,14H,12-13H2. The van der Waals surface area contributed by atoms with E-state index in [2.05, 4.69) is 4.98 Å². The maximum atomic E-state index is 13.1. The van der Waals surface area contributed by atoms with Gasteiger partial charge in [-0.15, -0.1) is 0 Å². The average molecular weight is 376 g/mol. The van der Waals surface area contributed by atoms with Crippen molar-refractivity contribution in [2.24, 2.45) is 0 Å². The van der Waals surface area contributed by atoms with Crippen LogP contribution in [0, 0.1) is 0 Å². The number of aromatic nitrogens is 1. The molecule has 4 aromatic rings. The highest BCUT2D eigenvalue weighted by Gasteiger charge is 2.21. The molecule has 0 unspecified atom stereocenters. The Bertz CT molecular complexity index is 1120. The van der Waals surface area contributed by atoms with Crippen LogP contribution in [0.25, 0.3) is 11.0 Å². The van der Waals surface area contributed by atoms with E-state index in [0.717, 1.165) is 11.3 Å². The zero-order valence-corrected chi connectivity index (χ0v) is 15.2. The Labute approximate surface area is 159 Å². The lowest BCUT2D eigenvalue weighted by atomic mass is 10.2. The third-order valence-corrected chi connectivity index (χ3v) is 4.90. The molecule has 0 saturated carbocycles. The molecule has 3 aromatic heterocycles. The molecule has 0 N–H and O–H groups in total. The number of amides is 1. The highest BCUT2D eigenvalue weighted by atomic mass is 32.1. The van der Waals surface area contributed by atoms with Crippen molar-refractivity contribution in [2.45, 2.75) is 13.1 Å². The minimum atomic E-state index is -0.338. The van der Waals surface area contributed by atoms with Gasteiger partial charge in [-0.05, 0) is 46.7 Å². The van der Waals surface area contributed by atoms with Crippen LogP contribution in [0.15, 0.2) is 80.8 Å². The van der Waals surface area contributed by atoms with E-state index in [1.807, 2.05) is 35.0 Å². The van der Waals surface area contributed by atoms with E-state index < -0.39 is 0 Å². The van der Waals surface area contributed by atoms with E-state index in [1.165, 1.54) is 6.07 Å². The van der Waals surface area contributed by atoms with Gasteiger partial charge in [-0.3, -0.25) is 14.6 Å². The molecule has 0 spiro atoms. The predicted octanol–water partition coefficient (Wildman–Crippen LogP) is 4.09. The first-order valence-electron chi connectivity index (χ1n) is 8.44. The van der Waals surface area contributed by atoms with Gasteiger partial charge in [0.2, 0.25) is 0 Å². The molecular weight excluding hydrogens is 360 g/mol. The highest BCUT2D eigenvalue weighted by molar-refractivity contribution is 7.07. The number of carbonyl (C=O) groups is 1. The van der Waals surface area contributed by atoms with E-state index in [0.29, 0.717) is 24.1 Å². The first kappa shape index (κ1) is 17.2. The summed E-state index contributed by atoms with van der Waals surface area (Å²) in [6, 6.07) is 15.7. The van der Waals surface area contributed by atoms with Gasteiger partial charge in [0.05, 0.1) is 17.6 Å².